The van der Waals surface area contributed by atoms with Crippen molar-refractivity contribution in [1.29, 1.82) is 0 Å². The quantitative estimate of drug-likeness (QED) is 0.110. The Balaban J connectivity index is 3.63. The standard InChI is InChI=1S/C30H60N2O2/c1-2-3-18-23-28(24-19-14-10-6-4-8-12-16-21-26-29(31)33)25-20-15-11-7-5-9-13-17-22-27-30(32)34/h28H,2-27H2,1H3,(H2,31,33)(H2,32,34). The van der Waals surface area contributed by atoms with Gasteiger partial charge in [-0.15, -0.1) is 0 Å². The van der Waals surface area contributed by atoms with Gasteiger partial charge in [0.1, 0.15) is 0 Å². The topological polar surface area (TPSA) is 86.2 Å². The highest BCUT2D eigenvalue weighted by Gasteiger charge is 2.08. The lowest BCUT2D eigenvalue weighted by Gasteiger charge is -2.17. The largest absolute Gasteiger partial charge is 0.370 e. The van der Waals surface area contributed by atoms with Crippen molar-refractivity contribution < 1.29 is 9.59 Å². The van der Waals surface area contributed by atoms with Gasteiger partial charge in [-0.1, -0.05) is 148 Å². The smallest absolute Gasteiger partial charge is 0.217 e. The van der Waals surface area contributed by atoms with E-state index in [-0.39, 0.29) is 11.8 Å². The second-order valence-electron chi connectivity index (χ2n) is 10.7. The zero-order valence-corrected chi connectivity index (χ0v) is 22.9. The van der Waals surface area contributed by atoms with Gasteiger partial charge in [-0.05, 0) is 18.8 Å². The van der Waals surface area contributed by atoms with Gasteiger partial charge in [0, 0.05) is 12.8 Å². The van der Waals surface area contributed by atoms with Gasteiger partial charge in [-0.2, -0.15) is 0 Å². The highest BCUT2D eigenvalue weighted by Crippen LogP contribution is 2.24. The molecule has 0 radical (unpaired) electrons. The summed E-state index contributed by atoms with van der Waals surface area (Å²) in [6, 6.07) is 0. The molecule has 0 aromatic heterocycles. The molecule has 202 valence electrons. The predicted octanol–water partition coefficient (Wildman–Crippen LogP) is 8.74. The van der Waals surface area contributed by atoms with Crippen molar-refractivity contribution in [2.45, 2.75) is 174 Å². The fourth-order valence-electron chi connectivity index (χ4n) is 5.06. The third kappa shape index (κ3) is 27.2. The molecule has 4 heteroatoms. The molecule has 4 nitrogen and oxygen atoms in total. The number of carbonyl (C=O) groups is 2. The number of nitrogens with two attached hydrogens (primary N) is 2. The number of primary amides is 2. The van der Waals surface area contributed by atoms with Crippen LogP contribution in [-0.4, -0.2) is 11.8 Å². The van der Waals surface area contributed by atoms with Gasteiger partial charge in [0.2, 0.25) is 11.8 Å². The summed E-state index contributed by atoms with van der Waals surface area (Å²) < 4.78 is 0. The minimum absolute atomic E-state index is 0.158. The number of amides is 2. The summed E-state index contributed by atoms with van der Waals surface area (Å²) in [5.41, 5.74) is 10.4. The second kappa shape index (κ2) is 26.5. The zero-order valence-electron chi connectivity index (χ0n) is 22.9. The molecular formula is C30H60N2O2. The van der Waals surface area contributed by atoms with E-state index in [9.17, 15) is 9.59 Å². The van der Waals surface area contributed by atoms with Gasteiger partial charge in [0.15, 0.2) is 0 Å². The Morgan fingerprint density at radius 2 is 0.706 bits per heavy atom. The van der Waals surface area contributed by atoms with Crippen LogP contribution in [0, 0.1) is 5.92 Å². The summed E-state index contributed by atoms with van der Waals surface area (Å²) in [6.45, 7) is 2.31. The summed E-state index contributed by atoms with van der Waals surface area (Å²) >= 11 is 0. The monoisotopic (exact) mass is 480 g/mol. The molecule has 0 spiro atoms. The molecule has 0 aliphatic heterocycles. The van der Waals surface area contributed by atoms with Crippen LogP contribution >= 0.6 is 0 Å². The molecule has 4 N–H and O–H groups in total. The molecule has 0 bridgehead atoms. The number of unbranched alkanes of at least 4 members (excludes halogenated alkanes) is 18. The molecule has 0 aliphatic rings. The lowest BCUT2D eigenvalue weighted by Crippen LogP contribution is -2.09. The molecule has 0 fully saturated rings. The lowest BCUT2D eigenvalue weighted by molar-refractivity contribution is -0.119. The Bertz CT molecular complexity index is 417. The second-order valence-corrected chi connectivity index (χ2v) is 10.7. The maximum Gasteiger partial charge on any atom is 0.217 e. The Morgan fingerprint density at radius 1 is 0.441 bits per heavy atom. The van der Waals surface area contributed by atoms with Crippen LogP contribution in [0.2, 0.25) is 0 Å². The summed E-state index contributed by atoms with van der Waals surface area (Å²) in [5, 5.41) is 0. The van der Waals surface area contributed by atoms with Gasteiger partial charge in [0.25, 0.3) is 0 Å². The molecule has 0 aliphatic carbocycles. The van der Waals surface area contributed by atoms with E-state index < -0.39 is 0 Å². The van der Waals surface area contributed by atoms with Gasteiger partial charge in [-0.25, -0.2) is 0 Å². The molecule has 0 unspecified atom stereocenters. The number of hydrogen-bond acceptors (Lipinski definition) is 2. The highest BCUT2D eigenvalue weighted by molar-refractivity contribution is 5.73. The van der Waals surface area contributed by atoms with Crippen LogP contribution in [0.1, 0.15) is 174 Å². The van der Waals surface area contributed by atoms with Crippen LogP contribution in [0.25, 0.3) is 0 Å². The van der Waals surface area contributed by atoms with Crippen LogP contribution in [0.4, 0.5) is 0 Å². The van der Waals surface area contributed by atoms with Gasteiger partial charge in [0.05, 0.1) is 0 Å². The van der Waals surface area contributed by atoms with Crippen LogP contribution < -0.4 is 11.5 Å². The Morgan fingerprint density at radius 3 is 1.00 bits per heavy atom. The van der Waals surface area contributed by atoms with Crippen molar-refractivity contribution in [3.8, 4) is 0 Å². The summed E-state index contributed by atoms with van der Waals surface area (Å²) in [5.74, 6) is 0.644. The molecule has 2 amide bonds. The number of hydrogen-bond donors (Lipinski definition) is 2. The Kier molecular flexibility index (Phi) is 25.7. The van der Waals surface area contributed by atoms with E-state index >= 15 is 0 Å². The van der Waals surface area contributed by atoms with E-state index in [4.69, 9.17) is 11.5 Å². The van der Waals surface area contributed by atoms with Crippen molar-refractivity contribution in [3.63, 3.8) is 0 Å². The SMILES string of the molecule is CCCCCC(CCCCCCCCCCCC(N)=O)CCCCCCCCCCCC(N)=O. The van der Waals surface area contributed by atoms with Gasteiger partial charge in [-0.3, -0.25) is 9.59 Å². The maximum atomic E-state index is 10.7. The molecule has 0 rings (SSSR count). The van der Waals surface area contributed by atoms with E-state index in [0.717, 1.165) is 31.6 Å². The normalized spacial score (nSPS) is 11.4. The van der Waals surface area contributed by atoms with Crippen LogP contribution in [0.15, 0.2) is 0 Å². The average Bonchev–Trinajstić information content (AvgIpc) is 2.80. The van der Waals surface area contributed by atoms with Crippen molar-refractivity contribution in [2.75, 3.05) is 0 Å². The molecule has 0 heterocycles. The van der Waals surface area contributed by atoms with Crippen LogP contribution in [0.3, 0.4) is 0 Å². The minimum Gasteiger partial charge on any atom is -0.370 e. The fourth-order valence-corrected chi connectivity index (χ4v) is 5.06. The first-order chi connectivity index (χ1) is 16.6. The number of carbonyl (C=O) groups excluding carboxylic acids is 2. The van der Waals surface area contributed by atoms with Crippen molar-refractivity contribution >= 4 is 11.8 Å². The molecule has 0 saturated heterocycles. The summed E-state index contributed by atoms with van der Waals surface area (Å²) in [4.78, 5) is 21.5. The van der Waals surface area contributed by atoms with Crippen LogP contribution in [0.5, 0.6) is 0 Å². The summed E-state index contributed by atoms with van der Waals surface area (Å²) in [6.07, 6.45) is 32.9. The molecule has 0 atom stereocenters. The van der Waals surface area contributed by atoms with Crippen molar-refractivity contribution in [3.05, 3.63) is 0 Å². The fraction of sp³-hybridized carbons (Fsp3) is 0.933. The van der Waals surface area contributed by atoms with E-state index in [1.54, 1.807) is 0 Å². The van der Waals surface area contributed by atoms with E-state index in [1.807, 2.05) is 0 Å². The maximum absolute atomic E-state index is 10.7. The number of rotatable bonds is 28. The molecule has 0 aromatic rings. The zero-order chi connectivity index (χ0) is 25.1. The molecular weight excluding hydrogens is 420 g/mol. The minimum atomic E-state index is -0.158. The first-order valence-electron chi connectivity index (χ1n) is 15.1. The van der Waals surface area contributed by atoms with Crippen molar-refractivity contribution in [2.24, 2.45) is 17.4 Å². The van der Waals surface area contributed by atoms with Crippen LogP contribution in [-0.2, 0) is 9.59 Å². The molecule has 34 heavy (non-hydrogen) atoms. The first-order valence-corrected chi connectivity index (χ1v) is 15.1. The van der Waals surface area contributed by atoms with E-state index in [1.165, 1.54) is 128 Å². The summed E-state index contributed by atoms with van der Waals surface area (Å²) in [7, 11) is 0. The first kappa shape index (κ1) is 32.9. The van der Waals surface area contributed by atoms with Crippen molar-refractivity contribution in [1.82, 2.24) is 0 Å². The van der Waals surface area contributed by atoms with E-state index in [2.05, 4.69) is 6.92 Å². The highest BCUT2D eigenvalue weighted by atomic mass is 16.1. The average molecular weight is 481 g/mol. The molecule has 0 saturated carbocycles. The lowest BCUT2D eigenvalue weighted by atomic mass is 9.89. The van der Waals surface area contributed by atoms with E-state index in [0.29, 0.717) is 12.8 Å². The molecule has 0 aromatic carbocycles. The van der Waals surface area contributed by atoms with Gasteiger partial charge < -0.3 is 11.5 Å². The Hall–Kier alpha value is -1.06. The third-order valence-corrected chi connectivity index (χ3v) is 7.29. The third-order valence-electron chi connectivity index (χ3n) is 7.29. The Labute approximate surface area is 212 Å². The van der Waals surface area contributed by atoms with Gasteiger partial charge >= 0.3 is 0 Å². The predicted molar refractivity (Wildman–Crippen MR) is 148 cm³/mol.